The number of piperidine rings is 1. The van der Waals surface area contributed by atoms with Gasteiger partial charge in [0.25, 0.3) is 0 Å². The van der Waals surface area contributed by atoms with Crippen molar-refractivity contribution in [2.75, 3.05) is 13.1 Å². The number of nitrogens with zero attached hydrogens (tertiary/aromatic N) is 5. The van der Waals surface area contributed by atoms with Crippen molar-refractivity contribution in [1.29, 1.82) is 0 Å². The van der Waals surface area contributed by atoms with Gasteiger partial charge in [0.15, 0.2) is 5.76 Å². The van der Waals surface area contributed by atoms with Crippen molar-refractivity contribution in [2.24, 2.45) is 5.41 Å². The molecule has 152 valence electrons. The Balaban J connectivity index is 1.07. The minimum atomic E-state index is 0.297. The predicted octanol–water partition coefficient (Wildman–Crippen LogP) is 4.15. The molecule has 1 saturated heterocycles. The van der Waals surface area contributed by atoms with Gasteiger partial charge in [-0.3, -0.25) is 4.90 Å². The van der Waals surface area contributed by atoms with E-state index in [4.69, 9.17) is 13.4 Å². The largest absolute Gasteiger partial charge is 0.461 e. The summed E-state index contributed by atoms with van der Waals surface area (Å²) in [5, 5.41) is 12.6. The SMILES string of the molecule is c1ccc(-c2nnc([C@@H]3CC34CCN(Cc3nc(-c5ccco5)no3)CC4)o2)cc1. The number of benzene rings is 1. The van der Waals surface area contributed by atoms with Crippen LogP contribution in [0.1, 0.15) is 37.0 Å². The van der Waals surface area contributed by atoms with Crippen LogP contribution in [0.2, 0.25) is 0 Å². The first-order valence-electron chi connectivity index (χ1n) is 10.3. The van der Waals surface area contributed by atoms with Crippen molar-refractivity contribution >= 4 is 0 Å². The molecule has 8 nitrogen and oxygen atoms in total. The third-order valence-corrected chi connectivity index (χ3v) is 6.37. The van der Waals surface area contributed by atoms with E-state index in [0.717, 1.165) is 43.8 Å². The second-order valence-corrected chi connectivity index (χ2v) is 8.20. The first kappa shape index (κ1) is 17.6. The fraction of sp³-hybridized carbons (Fsp3) is 0.364. The monoisotopic (exact) mass is 403 g/mol. The Bertz CT molecular complexity index is 1130. The molecule has 1 saturated carbocycles. The fourth-order valence-electron chi connectivity index (χ4n) is 4.49. The topological polar surface area (TPSA) is 94.2 Å². The Hall–Kier alpha value is -3.26. The maximum absolute atomic E-state index is 6.00. The molecular weight excluding hydrogens is 382 g/mol. The summed E-state index contributed by atoms with van der Waals surface area (Å²) in [6.45, 7) is 2.65. The predicted molar refractivity (Wildman–Crippen MR) is 106 cm³/mol. The third-order valence-electron chi connectivity index (χ3n) is 6.37. The number of aromatic nitrogens is 4. The third kappa shape index (κ3) is 3.13. The molecule has 8 heteroatoms. The lowest BCUT2D eigenvalue weighted by Gasteiger charge is -2.31. The fourth-order valence-corrected chi connectivity index (χ4v) is 4.49. The van der Waals surface area contributed by atoms with Crippen molar-refractivity contribution in [3.63, 3.8) is 0 Å². The molecule has 2 aliphatic rings. The van der Waals surface area contributed by atoms with Gasteiger partial charge in [-0.15, -0.1) is 10.2 Å². The number of hydrogen-bond acceptors (Lipinski definition) is 8. The summed E-state index contributed by atoms with van der Waals surface area (Å²) in [4.78, 5) is 6.81. The summed E-state index contributed by atoms with van der Waals surface area (Å²) >= 11 is 0. The molecule has 0 bridgehead atoms. The number of furan rings is 1. The van der Waals surface area contributed by atoms with Gasteiger partial charge in [0.1, 0.15) is 0 Å². The molecule has 6 rings (SSSR count). The summed E-state index contributed by atoms with van der Waals surface area (Å²) in [6, 6.07) is 13.6. The molecule has 30 heavy (non-hydrogen) atoms. The highest BCUT2D eigenvalue weighted by molar-refractivity contribution is 5.52. The maximum Gasteiger partial charge on any atom is 0.247 e. The van der Waals surface area contributed by atoms with Gasteiger partial charge in [0, 0.05) is 11.5 Å². The summed E-state index contributed by atoms with van der Waals surface area (Å²) in [6.07, 6.45) is 4.95. The molecule has 1 atom stereocenters. The van der Waals surface area contributed by atoms with Crippen molar-refractivity contribution in [1.82, 2.24) is 25.2 Å². The number of hydrogen-bond donors (Lipinski definition) is 0. The summed E-state index contributed by atoms with van der Waals surface area (Å²) in [5.74, 6) is 3.50. The van der Waals surface area contributed by atoms with Crippen molar-refractivity contribution < 1.29 is 13.4 Å². The molecule has 1 aromatic carbocycles. The van der Waals surface area contributed by atoms with Crippen LogP contribution in [0.15, 0.2) is 62.1 Å². The highest BCUT2D eigenvalue weighted by Crippen LogP contribution is 2.64. The number of rotatable bonds is 5. The van der Waals surface area contributed by atoms with E-state index in [0.29, 0.717) is 41.2 Å². The molecule has 0 radical (unpaired) electrons. The summed E-state index contributed by atoms with van der Waals surface area (Å²) in [7, 11) is 0. The zero-order chi connectivity index (χ0) is 20.0. The first-order chi connectivity index (χ1) is 14.8. The molecular formula is C22H21N5O3. The lowest BCUT2D eigenvalue weighted by atomic mass is 9.91. The molecule has 1 aliphatic heterocycles. The highest BCUT2D eigenvalue weighted by atomic mass is 16.5. The van der Waals surface area contributed by atoms with Gasteiger partial charge < -0.3 is 13.4 Å². The molecule has 2 fully saturated rings. The van der Waals surface area contributed by atoms with Crippen molar-refractivity contribution in [2.45, 2.75) is 31.7 Å². The lowest BCUT2D eigenvalue weighted by Crippen LogP contribution is -2.34. The Labute approximate surface area is 172 Å². The van der Waals surface area contributed by atoms with Crippen LogP contribution in [0.4, 0.5) is 0 Å². The van der Waals surface area contributed by atoms with E-state index < -0.39 is 0 Å². The normalized spacial score (nSPS) is 20.6. The first-order valence-corrected chi connectivity index (χ1v) is 10.3. The van der Waals surface area contributed by atoms with Crippen LogP contribution >= 0.6 is 0 Å². The molecule has 1 spiro atoms. The van der Waals surface area contributed by atoms with E-state index in [2.05, 4.69) is 25.2 Å². The van der Waals surface area contributed by atoms with Crippen LogP contribution in [0.25, 0.3) is 23.0 Å². The van der Waals surface area contributed by atoms with Crippen LogP contribution in [0.5, 0.6) is 0 Å². The minimum absolute atomic E-state index is 0.297. The van der Waals surface area contributed by atoms with Crippen LogP contribution < -0.4 is 0 Å². The lowest BCUT2D eigenvalue weighted by molar-refractivity contribution is 0.144. The molecule has 4 heterocycles. The van der Waals surface area contributed by atoms with E-state index in [1.807, 2.05) is 42.5 Å². The van der Waals surface area contributed by atoms with Gasteiger partial charge in [-0.25, -0.2) is 0 Å². The van der Waals surface area contributed by atoms with E-state index in [1.54, 1.807) is 6.26 Å². The van der Waals surface area contributed by atoms with Crippen molar-refractivity contribution in [3.8, 4) is 23.0 Å². The van der Waals surface area contributed by atoms with Crippen LogP contribution in [0, 0.1) is 5.41 Å². The standard InChI is InChI=1S/C22H21N5O3/c1-2-5-15(6-3-1)20-24-25-21(29-20)16-13-22(16)8-10-27(11-9-22)14-18-23-19(26-30-18)17-7-4-12-28-17/h1-7,12,16H,8-11,13-14H2/t16-/m0/s1. The minimum Gasteiger partial charge on any atom is -0.461 e. The van der Waals surface area contributed by atoms with Crippen LogP contribution in [-0.4, -0.2) is 38.3 Å². The molecule has 4 aromatic rings. The van der Waals surface area contributed by atoms with E-state index in [-0.39, 0.29) is 0 Å². The van der Waals surface area contributed by atoms with Crippen LogP contribution in [0.3, 0.4) is 0 Å². The second kappa shape index (κ2) is 6.91. The average molecular weight is 403 g/mol. The Morgan fingerprint density at radius 2 is 1.90 bits per heavy atom. The maximum atomic E-state index is 6.00. The zero-order valence-corrected chi connectivity index (χ0v) is 16.4. The molecule has 1 aliphatic carbocycles. The van der Waals surface area contributed by atoms with Gasteiger partial charge in [-0.2, -0.15) is 4.98 Å². The van der Waals surface area contributed by atoms with Gasteiger partial charge in [0.2, 0.25) is 23.5 Å². The second-order valence-electron chi connectivity index (χ2n) is 8.20. The van der Waals surface area contributed by atoms with Crippen molar-refractivity contribution in [3.05, 3.63) is 60.5 Å². The van der Waals surface area contributed by atoms with Gasteiger partial charge in [-0.05, 0) is 62.0 Å². The number of likely N-dealkylation sites (tertiary alicyclic amines) is 1. The van der Waals surface area contributed by atoms with Gasteiger partial charge >= 0.3 is 0 Å². The van der Waals surface area contributed by atoms with Gasteiger partial charge in [0.05, 0.1) is 12.8 Å². The molecule has 0 N–H and O–H groups in total. The van der Waals surface area contributed by atoms with Gasteiger partial charge in [-0.1, -0.05) is 23.4 Å². The molecule has 0 unspecified atom stereocenters. The Kier molecular flexibility index (Phi) is 4.05. The summed E-state index contributed by atoms with van der Waals surface area (Å²) in [5.41, 5.74) is 1.26. The van der Waals surface area contributed by atoms with E-state index >= 15 is 0 Å². The molecule has 3 aromatic heterocycles. The van der Waals surface area contributed by atoms with E-state index in [9.17, 15) is 0 Å². The highest BCUT2D eigenvalue weighted by Gasteiger charge is 2.58. The zero-order valence-electron chi connectivity index (χ0n) is 16.4. The summed E-state index contributed by atoms with van der Waals surface area (Å²) < 4.78 is 16.7. The smallest absolute Gasteiger partial charge is 0.247 e. The molecule has 0 amide bonds. The van der Waals surface area contributed by atoms with E-state index in [1.165, 1.54) is 0 Å². The van der Waals surface area contributed by atoms with Crippen LogP contribution in [-0.2, 0) is 6.54 Å². The average Bonchev–Trinajstić information content (AvgIpc) is 3.31. The Morgan fingerprint density at radius 1 is 1.03 bits per heavy atom. The quantitative estimate of drug-likeness (QED) is 0.490. The Morgan fingerprint density at radius 3 is 2.70 bits per heavy atom.